The lowest BCUT2D eigenvalue weighted by atomic mass is 10.2. The highest BCUT2D eigenvalue weighted by atomic mass is 16.3. The minimum absolute atomic E-state index is 0.0347. The number of phenols is 3. The van der Waals surface area contributed by atoms with Crippen LogP contribution in [-0.2, 0) is 0 Å². The highest BCUT2D eigenvalue weighted by Gasteiger charge is 1.93. The van der Waals surface area contributed by atoms with E-state index in [1.807, 2.05) is 38.1 Å². The zero-order chi connectivity index (χ0) is 18.7. The third-order valence-electron chi connectivity index (χ3n) is 3.10. The SMILES string of the molecule is Cc1ccc(O)cc1.Cc1cccc(O)c1.O=Cc1ccccc1O. The number of aromatic hydroxyl groups is 3. The molecule has 0 saturated heterocycles. The number of hydrogen-bond acceptors (Lipinski definition) is 4. The zero-order valence-electron chi connectivity index (χ0n) is 14.3. The van der Waals surface area contributed by atoms with E-state index in [1.54, 1.807) is 42.5 Å². The van der Waals surface area contributed by atoms with Gasteiger partial charge in [-0.3, -0.25) is 4.79 Å². The maximum absolute atomic E-state index is 10.1. The van der Waals surface area contributed by atoms with Crippen LogP contribution in [0.5, 0.6) is 17.2 Å². The summed E-state index contributed by atoms with van der Waals surface area (Å²) in [4.78, 5) is 10.1. The fourth-order valence-corrected chi connectivity index (χ4v) is 1.76. The standard InChI is InChI=1S/C7H6O2.2C7H8O/c8-5-6-3-1-2-4-7(6)9;1-6-2-4-7(8)5-3-6;1-6-3-2-4-7(8)5-6/h1-5,9H;2*2-5,8H,1H3. The Morgan fingerprint density at radius 1 is 0.680 bits per heavy atom. The van der Waals surface area contributed by atoms with Gasteiger partial charge >= 0.3 is 0 Å². The highest BCUT2D eigenvalue weighted by Crippen LogP contribution is 2.11. The monoisotopic (exact) mass is 338 g/mol. The first-order chi connectivity index (χ1) is 11.9. The van der Waals surface area contributed by atoms with Gasteiger partial charge < -0.3 is 15.3 Å². The predicted octanol–water partition coefficient (Wildman–Crippen LogP) is 4.61. The number of aldehydes is 1. The van der Waals surface area contributed by atoms with Crippen molar-refractivity contribution in [3.05, 3.63) is 89.5 Å². The van der Waals surface area contributed by atoms with Crippen LogP contribution in [0.15, 0.2) is 72.8 Å². The van der Waals surface area contributed by atoms with E-state index in [1.165, 1.54) is 11.6 Å². The van der Waals surface area contributed by atoms with Crippen molar-refractivity contribution in [1.82, 2.24) is 0 Å². The van der Waals surface area contributed by atoms with Crippen LogP contribution in [-0.4, -0.2) is 21.6 Å². The Kier molecular flexibility index (Phi) is 8.30. The molecular weight excluding hydrogens is 316 g/mol. The first-order valence-corrected chi connectivity index (χ1v) is 7.67. The predicted molar refractivity (Wildman–Crippen MR) is 99.2 cm³/mol. The van der Waals surface area contributed by atoms with Crippen LogP contribution in [0.1, 0.15) is 21.5 Å². The van der Waals surface area contributed by atoms with Gasteiger partial charge in [0.05, 0.1) is 5.56 Å². The van der Waals surface area contributed by atoms with Crippen LogP contribution in [0.4, 0.5) is 0 Å². The van der Waals surface area contributed by atoms with Gasteiger partial charge in [0.2, 0.25) is 0 Å². The number of phenolic OH excluding ortho intramolecular Hbond substituents is 3. The van der Waals surface area contributed by atoms with Crippen LogP contribution in [0.3, 0.4) is 0 Å². The van der Waals surface area contributed by atoms with Gasteiger partial charge in [-0.15, -0.1) is 0 Å². The molecule has 25 heavy (non-hydrogen) atoms. The number of para-hydroxylation sites is 1. The van der Waals surface area contributed by atoms with Gasteiger partial charge in [-0.05, 0) is 55.8 Å². The Morgan fingerprint density at radius 2 is 1.32 bits per heavy atom. The summed E-state index contributed by atoms with van der Waals surface area (Å²) < 4.78 is 0. The smallest absolute Gasteiger partial charge is 0.153 e. The van der Waals surface area contributed by atoms with Crippen LogP contribution in [0.2, 0.25) is 0 Å². The van der Waals surface area contributed by atoms with Crippen molar-refractivity contribution in [3.8, 4) is 17.2 Å². The maximum atomic E-state index is 10.1. The lowest BCUT2D eigenvalue weighted by molar-refractivity contribution is 0.112. The van der Waals surface area contributed by atoms with Crippen molar-refractivity contribution >= 4 is 6.29 Å². The molecule has 3 aromatic rings. The Morgan fingerprint density at radius 3 is 1.72 bits per heavy atom. The average molecular weight is 338 g/mol. The summed E-state index contributed by atoms with van der Waals surface area (Å²) in [6.07, 6.45) is 0.620. The summed E-state index contributed by atoms with van der Waals surface area (Å²) in [5.74, 6) is 0.702. The van der Waals surface area contributed by atoms with Gasteiger partial charge in [0.25, 0.3) is 0 Å². The highest BCUT2D eigenvalue weighted by molar-refractivity contribution is 5.78. The molecule has 0 aliphatic rings. The van der Waals surface area contributed by atoms with E-state index in [9.17, 15) is 4.79 Å². The molecular formula is C21H22O4. The summed E-state index contributed by atoms with van der Waals surface area (Å²) in [5.41, 5.74) is 2.59. The number of aryl methyl sites for hydroxylation is 2. The molecule has 0 atom stereocenters. The second kappa shape index (κ2) is 10.5. The molecule has 0 heterocycles. The quantitative estimate of drug-likeness (QED) is 0.566. The molecule has 0 aliphatic carbocycles. The van der Waals surface area contributed by atoms with Crippen LogP contribution >= 0.6 is 0 Å². The van der Waals surface area contributed by atoms with E-state index in [0.29, 0.717) is 23.3 Å². The Balaban J connectivity index is 0.000000188. The van der Waals surface area contributed by atoms with Gasteiger partial charge in [0.15, 0.2) is 6.29 Å². The van der Waals surface area contributed by atoms with Gasteiger partial charge in [0, 0.05) is 0 Å². The lowest BCUT2D eigenvalue weighted by Crippen LogP contribution is -1.77. The van der Waals surface area contributed by atoms with Crippen molar-refractivity contribution in [2.75, 3.05) is 0 Å². The Labute approximate surface area is 147 Å². The summed E-state index contributed by atoms with van der Waals surface area (Å²) in [6.45, 7) is 3.93. The van der Waals surface area contributed by atoms with Crippen LogP contribution in [0.25, 0.3) is 0 Å². The summed E-state index contributed by atoms with van der Waals surface area (Å²) in [7, 11) is 0. The first-order valence-electron chi connectivity index (χ1n) is 7.67. The van der Waals surface area contributed by atoms with Crippen molar-refractivity contribution < 1.29 is 20.1 Å². The van der Waals surface area contributed by atoms with Gasteiger partial charge in [-0.25, -0.2) is 0 Å². The number of hydrogen-bond donors (Lipinski definition) is 3. The normalized spacial score (nSPS) is 9.04. The molecule has 130 valence electrons. The van der Waals surface area contributed by atoms with Gasteiger partial charge in [0.1, 0.15) is 17.2 Å². The summed E-state index contributed by atoms with van der Waals surface area (Å²) >= 11 is 0. The second-order valence-corrected chi connectivity index (χ2v) is 5.35. The van der Waals surface area contributed by atoms with Crippen molar-refractivity contribution in [2.45, 2.75) is 13.8 Å². The molecule has 0 amide bonds. The molecule has 3 N–H and O–H groups in total. The third-order valence-corrected chi connectivity index (χ3v) is 3.10. The molecule has 0 aromatic heterocycles. The molecule has 0 radical (unpaired) electrons. The molecule has 4 heteroatoms. The van der Waals surface area contributed by atoms with E-state index in [0.717, 1.165) is 5.56 Å². The largest absolute Gasteiger partial charge is 0.508 e. The van der Waals surface area contributed by atoms with E-state index < -0.39 is 0 Å². The molecule has 4 nitrogen and oxygen atoms in total. The molecule has 0 fully saturated rings. The zero-order valence-corrected chi connectivity index (χ0v) is 14.3. The maximum Gasteiger partial charge on any atom is 0.153 e. The average Bonchev–Trinajstić information content (AvgIpc) is 2.59. The fraction of sp³-hybridized carbons (Fsp3) is 0.0952. The summed E-state index contributed by atoms with van der Waals surface area (Å²) in [6, 6.07) is 20.6. The molecule has 0 saturated carbocycles. The van der Waals surface area contributed by atoms with Crippen LogP contribution in [0, 0.1) is 13.8 Å². The minimum Gasteiger partial charge on any atom is -0.508 e. The van der Waals surface area contributed by atoms with E-state index in [2.05, 4.69) is 0 Å². The topological polar surface area (TPSA) is 77.8 Å². The first kappa shape index (κ1) is 19.8. The second-order valence-electron chi connectivity index (χ2n) is 5.35. The molecule has 3 rings (SSSR count). The van der Waals surface area contributed by atoms with Crippen molar-refractivity contribution in [3.63, 3.8) is 0 Å². The van der Waals surface area contributed by atoms with Crippen molar-refractivity contribution in [2.24, 2.45) is 0 Å². The van der Waals surface area contributed by atoms with Crippen molar-refractivity contribution in [1.29, 1.82) is 0 Å². The van der Waals surface area contributed by atoms with E-state index >= 15 is 0 Å². The molecule has 0 bridgehead atoms. The van der Waals surface area contributed by atoms with E-state index in [-0.39, 0.29) is 5.75 Å². The Bertz CT molecular complexity index is 742. The van der Waals surface area contributed by atoms with E-state index in [4.69, 9.17) is 15.3 Å². The van der Waals surface area contributed by atoms with Crippen LogP contribution < -0.4 is 0 Å². The summed E-state index contributed by atoms with van der Waals surface area (Å²) in [5, 5.41) is 26.4. The minimum atomic E-state index is 0.0347. The number of carbonyl (C=O) groups is 1. The molecule has 0 spiro atoms. The third kappa shape index (κ3) is 8.23. The van der Waals surface area contributed by atoms with Gasteiger partial charge in [-0.2, -0.15) is 0 Å². The molecule has 3 aromatic carbocycles. The number of rotatable bonds is 1. The molecule has 0 aliphatic heterocycles. The fourth-order valence-electron chi connectivity index (χ4n) is 1.76. The lowest BCUT2D eigenvalue weighted by Gasteiger charge is -1.91. The van der Waals surface area contributed by atoms with Gasteiger partial charge in [-0.1, -0.05) is 42.0 Å². The number of carbonyl (C=O) groups excluding carboxylic acids is 1. The number of benzene rings is 3. The molecule has 0 unspecified atom stereocenters. The Hall–Kier alpha value is -3.27.